The molecule has 12 rings (SSSR count). The number of nitrogens with zero attached hydrogens (tertiary/aromatic N) is 4. The monoisotopic (exact) mass is 1220 g/mol. The van der Waals surface area contributed by atoms with E-state index in [9.17, 15) is 0 Å². The fraction of sp³-hybridized carbons (Fsp3) is 0.167. The molecule has 390 valence electrons. The van der Waals surface area contributed by atoms with E-state index in [2.05, 4.69) is 294 Å². The average molecular weight is 1220 g/mol. The molecule has 0 saturated carbocycles. The van der Waals surface area contributed by atoms with E-state index in [1.165, 1.54) is 43.0 Å². The molecule has 2 aromatic heterocycles. The summed E-state index contributed by atoms with van der Waals surface area (Å²) >= 11 is 0. The van der Waals surface area contributed by atoms with Crippen LogP contribution in [0.15, 0.2) is 225 Å². The number of rotatable bonds is 10. The van der Waals surface area contributed by atoms with E-state index in [0.717, 1.165) is 55.9 Å². The van der Waals surface area contributed by atoms with Crippen LogP contribution in [0.1, 0.15) is 79.0 Å². The summed E-state index contributed by atoms with van der Waals surface area (Å²) < 4.78 is 13.6. The van der Waals surface area contributed by atoms with Crippen molar-refractivity contribution in [2.24, 2.45) is 0 Å². The van der Waals surface area contributed by atoms with Gasteiger partial charge in [-0.05, 0) is 87.8 Å². The summed E-state index contributed by atoms with van der Waals surface area (Å²) in [4.78, 5) is 4.98. The molecule has 3 heterocycles. The number of pyridine rings is 1. The molecule has 0 N–H and O–H groups in total. The van der Waals surface area contributed by atoms with E-state index in [1.807, 2.05) is 24.4 Å². The predicted molar refractivity (Wildman–Crippen MR) is 329 cm³/mol. The van der Waals surface area contributed by atoms with Crippen LogP contribution in [0.5, 0.6) is 11.5 Å². The second kappa shape index (κ2) is 20.7. The Labute approximate surface area is 481 Å². The molecule has 0 fully saturated rings. The van der Waals surface area contributed by atoms with Gasteiger partial charge in [0.2, 0.25) is 5.69 Å². The van der Waals surface area contributed by atoms with Crippen LogP contribution in [0.25, 0.3) is 38.8 Å². The third kappa shape index (κ3) is 9.78. The largest absolute Gasteiger partial charge is 2.00 e. The molecule has 0 saturated heterocycles. The van der Waals surface area contributed by atoms with Gasteiger partial charge in [0.25, 0.3) is 11.4 Å². The van der Waals surface area contributed by atoms with E-state index < -0.39 is 8.07 Å². The zero-order valence-electron chi connectivity index (χ0n) is 46.4. The molecule has 0 aliphatic carbocycles. The van der Waals surface area contributed by atoms with Gasteiger partial charge in [-0.2, -0.15) is 12.1 Å². The minimum absolute atomic E-state index is 0. The van der Waals surface area contributed by atoms with Crippen molar-refractivity contribution in [3.63, 3.8) is 0 Å². The van der Waals surface area contributed by atoms with Gasteiger partial charge < -0.3 is 9.30 Å². The fourth-order valence-electron chi connectivity index (χ4n) is 11.2. The van der Waals surface area contributed by atoms with Gasteiger partial charge >= 0.3 is 27.1 Å². The summed E-state index contributed by atoms with van der Waals surface area (Å²) in [5, 5.41) is 7.36. The zero-order valence-corrected chi connectivity index (χ0v) is 49.6. The van der Waals surface area contributed by atoms with Gasteiger partial charge in [0.1, 0.15) is 11.5 Å². The van der Waals surface area contributed by atoms with E-state index in [4.69, 9.17) is 9.72 Å². The van der Waals surface area contributed by atoms with Crippen LogP contribution in [0.4, 0.5) is 22.7 Å². The summed E-state index contributed by atoms with van der Waals surface area (Å²) in [6.07, 6.45) is 1.92. The first-order chi connectivity index (χ1) is 37.6. The van der Waals surface area contributed by atoms with Crippen molar-refractivity contribution in [3.05, 3.63) is 253 Å². The Kier molecular flexibility index (Phi) is 13.9. The molecule has 11 aromatic rings. The number of aromatic nitrogens is 2. The molecule has 1 aliphatic rings. The first-order valence-electron chi connectivity index (χ1n) is 27.1. The van der Waals surface area contributed by atoms with Gasteiger partial charge in [-0.25, -0.2) is 4.98 Å². The predicted octanol–water partition coefficient (Wildman–Crippen LogP) is 15.4. The first-order valence-corrected chi connectivity index (χ1v) is 29.1. The Bertz CT molecular complexity index is 4010. The third-order valence-corrected chi connectivity index (χ3v) is 20.2. The number of ether oxygens (including phenoxy) is 1. The Morgan fingerprint density at radius 1 is 0.481 bits per heavy atom. The maximum Gasteiger partial charge on any atom is 2.00 e. The smallest absolute Gasteiger partial charge is 0.509 e. The summed E-state index contributed by atoms with van der Waals surface area (Å²) in [5.41, 5.74) is 11.7. The summed E-state index contributed by atoms with van der Waals surface area (Å²) in [6, 6.07) is 90.8. The first kappa shape index (κ1) is 53.0. The molecule has 0 radical (unpaired) electrons. The third-order valence-electron chi connectivity index (χ3n) is 15.4. The number of hydrogen-bond donors (Lipinski definition) is 0. The van der Waals surface area contributed by atoms with E-state index in [0.29, 0.717) is 11.5 Å². The molecule has 9 aromatic carbocycles. The van der Waals surface area contributed by atoms with E-state index in [-0.39, 0.29) is 37.3 Å². The minimum atomic E-state index is -3.08. The van der Waals surface area contributed by atoms with Crippen molar-refractivity contribution in [1.29, 1.82) is 0 Å². The summed E-state index contributed by atoms with van der Waals surface area (Å²) in [5.74, 6) is 1.97. The molecular weight excluding hydrogens is 1160 g/mol. The van der Waals surface area contributed by atoms with E-state index >= 15 is 0 Å². The molecule has 79 heavy (non-hydrogen) atoms. The van der Waals surface area contributed by atoms with Gasteiger partial charge in [-0.15, -0.1) is 23.6 Å². The number of para-hydroxylation sites is 1. The van der Waals surface area contributed by atoms with Crippen molar-refractivity contribution in [3.8, 4) is 28.4 Å². The minimum Gasteiger partial charge on any atom is -0.509 e. The van der Waals surface area contributed by atoms with Crippen molar-refractivity contribution in [2.75, 3.05) is 0 Å². The molecule has 5 nitrogen and oxygen atoms in total. The quantitative estimate of drug-likeness (QED) is 0.0592. The number of fused-ring (bicyclic) bond motifs is 4. The van der Waals surface area contributed by atoms with Gasteiger partial charge in [0.05, 0.1) is 0 Å². The van der Waals surface area contributed by atoms with Crippen molar-refractivity contribution < 1.29 is 25.8 Å². The van der Waals surface area contributed by atoms with Crippen LogP contribution in [-0.4, -0.2) is 23.6 Å². The normalized spacial score (nSPS) is 12.7. The molecule has 0 bridgehead atoms. The molecule has 7 heteroatoms. The summed E-state index contributed by atoms with van der Waals surface area (Å²) in [7, 11) is -3.08. The molecule has 0 amide bonds. The standard InChI is InChI=1S/C72H64N4OSi.Pt/c1-70(2,3)52-40-41-73-68(46-52)76-64-39-36-51(50-24-14-10-15-25-50)42-63(64)62-38-37-58(48-66(62)76)77-57-27-22-26-55(47-57)74-49-75(56-44-53(71(4,5)6)43-54(45-56)72(7,8)9)69-65(74)34-23-35-67(69)78(59-28-16-11-17-29-59,60-30-18-12-19-31-60)61-32-20-13-21-33-61;/h10-46H,1-9H3;/q;+2. The molecule has 1 aliphatic heterocycles. The van der Waals surface area contributed by atoms with Crippen molar-refractivity contribution in [2.45, 2.75) is 78.6 Å². The van der Waals surface area contributed by atoms with Gasteiger partial charge in [0, 0.05) is 46.6 Å². The second-order valence-corrected chi connectivity index (χ2v) is 27.5. The van der Waals surface area contributed by atoms with E-state index in [1.54, 1.807) is 0 Å². The van der Waals surface area contributed by atoms with Crippen LogP contribution in [0.3, 0.4) is 0 Å². The van der Waals surface area contributed by atoms with Crippen molar-refractivity contribution in [1.82, 2.24) is 18.7 Å². The van der Waals surface area contributed by atoms with Crippen LogP contribution in [0, 0.1) is 12.1 Å². The van der Waals surface area contributed by atoms with Crippen molar-refractivity contribution >= 4 is 79.4 Å². The SMILES string of the molecule is CC(C)(C)c1cc([N+]2=C=[N+](c3[c-]c(Oc4[c-]c5c(cc4)c4cc(-c6ccccc6)ccc4n5-c4cc(C(C)(C)C)ccn4)ccc3)c3cccc([Si](c4ccccc4)(c4ccccc4)c4ccccc4)c32)cc(C(C)(C)C)c1.[Pt+2]. The molecular formula is C72H64N4OPtSi+2. The number of benzene rings is 9. The maximum atomic E-state index is 6.90. The Balaban J connectivity index is 0.00000660. The number of hydrogen-bond acceptors (Lipinski definition) is 2. The Morgan fingerprint density at radius 2 is 1.05 bits per heavy atom. The summed E-state index contributed by atoms with van der Waals surface area (Å²) in [6.45, 7) is 20.5. The van der Waals surface area contributed by atoms with Crippen LogP contribution >= 0.6 is 0 Å². The van der Waals surface area contributed by atoms with Crippen LogP contribution in [-0.2, 0) is 37.3 Å². The van der Waals surface area contributed by atoms with Crippen LogP contribution in [0.2, 0.25) is 0 Å². The van der Waals surface area contributed by atoms with Gasteiger partial charge in [0.15, 0.2) is 8.07 Å². The Hall–Kier alpha value is -7.98. The zero-order chi connectivity index (χ0) is 54.0. The van der Waals surface area contributed by atoms with Gasteiger partial charge in [-0.1, -0.05) is 236 Å². The van der Waals surface area contributed by atoms with Gasteiger partial charge in [-0.3, -0.25) is 0 Å². The Morgan fingerprint density at radius 3 is 1.65 bits per heavy atom. The average Bonchev–Trinajstić information content (AvgIpc) is 4.11. The van der Waals surface area contributed by atoms with Crippen LogP contribution < -0.4 is 34.6 Å². The topological polar surface area (TPSA) is 33.1 Å². The maximum absolute atomic E-state index is 6.90. The molecule has 0 spiro atoms. The fourth-order valence-corrected chi connectivity index (χ4v) is 16.2. The molecule has 0 unspecified atom stereocenters. The second-order valence-electron chi connectivity index (χ2n) is 23.7. The molecule has 0 atom stereocenters.